The fraction of sp³-hybridized carbons (Fsp3) is 0.811. The molecule has 4 nitrogen and oxygen atoms in total. The third-order valence-corrected chi connectivity index (χ3v) is 7.42. The van der Waals surface area contributed by atoms with E-state index in [-0.39, 0.29) is 19.2 Å². The highest BCUT2D eigenvalue weighted by Crippen LogP contribution is 2.11. The number of hydrogen-bond donors (Lipinski definition) is 1. The molecule has 41 heavy (non-hydrogen) atoms. The molecular formula is C37H68O4. The van der Waals surface area contributed by atoms with E-state index >= 15 is 0 Å². The Morgan fingerprint density at radius 2 is 1.07 bits per heavy atom. The van der Waals surface area contributed by atoms with Gasteiger partial charge < -0.3 is 14.6 Å². The second-order valence-electron chi connectivity index (χ2n) is 11.6. The molecule has 0 aromatic carbocycles. The number of esters is 1. The highest BCUT2D eigenvalue weighted by atomic mass is 16.6. The Balaban J connectivity index is 3.47. The van der Waals surface area contributed by atoms with Crippen molar-refractivity contribution >= 4 is 5.97 Å². The van der Waals surface area contributed by atoms with Crippen molar-refractivity contribution in [2.24, 2.45) is 0 Å². The van der Waals surface area contributed by atoms with Gasteiger partial charge in [0.05, 0.1) is 13.2 Å². The van der Waals surface area contributed by atoms with Gasteiger partial charge in [-0.3, -0.25) is 4.79 Å². The number of rotatable bonds is 32. The van der Waals surface area contributed by atoms with Crippen LogP contribution >= 0.6 is 0 Å². The zero-order valence-corrected chi connectivity index (χ0v) is 27.3. The van der Waals surface area contributed by atoms with Gasteiger partial charge in [-0.15, -0.1) is 0 Å². The summed E-state index contributed by atoms with van der Waals surface area (Å²) in [7, 11) is 0. The van der Waals surface area contributed by atoms with E-state index in [1.807, 2.05) is 0 Å². The Hall–Kier alpha value is -1.39. The molecule has 0 bridgehead atoms. The monoisotopic (exact) mass is 577 g/mol. The largest absolute Gasteiger partial charge is 0.457 e. The summed E-state index contributed by atoms with van der Waals surface area (Å²) in [5, 5.41) is 9.53. The fourth-order valence-corrected chi connectivity index (χ4v) is 4.77. The molecule has 0 rings (SSSR count). The maximum atomic E-state index is 12.1. The summed E-state index contributed by atoms with van der Waals surface area (Å²) in [4.78, 5) is 12.1. The van der Waals surface area contributed by atoms with Crippen LogP contribution in [0.3, 0.4) is 0 Å². The standard InChI is InChI=1S/C37H68O4/c1-3-5-7-9-11-13-15-17-18-19-21-23-25-27-29-31-33-40-35-36(34-38)41-37(39)32-30-28-26-24-22-20-16-14-12-10-8-6-4-2/h8,10,14,16-18,36,38H,3-7,9,11-13,15,19-35H2,1-2H3/b10-8-,16-14-,18-17-. The van der Waals surface area contributed by atoms with Crippen molar-refractivity contribution in [2.75, 3.05) is 19.8 Å². The molecule has 4 heteroatoms. The lowest BCUT2D eigenvalue weighted by atomic mass is 10.1. The summed E-state index contributed by atoms with van der Waals surface area (Å²) in [5.41, 5.74) is 0. The molecule has 1 unspecified atom stereocenters. The Labute approximate surface area is 255 Å². The topological polar surface area (TPSA) is 55.8 Å². The summed E-state index contributed by atoms with van der Waals surface area (Å²) in [6, 6.07) is 0. The maximum absolute atomic E-state index is 12.1. The summed E-state index contributed by atoms with van der Waals surface area (Å²) < 4.78 is 11.1. The van der Waals surface area contributed by atoms with Gasteiger partial charge in [0.25, 0.3) is 0 Å². The zero-order valence-electron chi connectivity index (χ0n) is 27.3. The fourth-order valence-electron chi connectivity index (χ4n) is 4.77. The van der Waals surface area contributed by atoms with Crippen LogP contribution < -0.4 is 0 Å². The quantitative estimate of drug-likeness (QED) is 0.0491. The number of carbonyl (C=O) groups excluding carboxylic acids is 1. The average molecular weight is 577 g/mol. The first kappa shape index (κ1) is 39.6. The van der Waals surface area contributed by atoms with Gasteiger partial charge in [-0.05, 0) is 64.2 Å². The van der Waals surface area contributed by atoms with E-state index in [0.29, 0.717) is 13.0 Å². The van der Waals surface area contributed by atoms with Crippen LogP contribution in [0.4, 0.5) is 0 Å². The lowest BCUT2D eigenvalue weighted by Gasteiger charge is -2.15. The average Bonchev–Trinajstić information content (AvgIpc) is 2.98. The van der Waals surface area contributed by atoms with Gasteiger partial charge in [0, 0.05) is 13.0 Å². The SMILES string of the molecule is CCC/C=C\C/C=C\CCCCCCCC(=O)OC(CO)COCCCCCCCC/C=C\CCCCCCCC. The van der Waals surface area contributed by atoms with E-state index in [9.17, 15) is 9.90 Å². The van der Waals surface area contributed by atoms with Crippen molar-refractivity contribution in [2.45, 2.75) is 174 Å². The lowest BCUT2D eigenvalue weighted by Crippen LogP contribution is -2.27. The van der Waals surface area contributed by atoms with Crippen LogP contribution in [0.15, 0.2) is 36.5 Å². The van der Waals surface area contributed by atoms with Gasteiger partial charge in [-0.1, -0.05) is 134 Å². The predicted molar refractivity (Wildman–Crippen MR) is 177 cm³/mol. The number of ether oxygens (including phenoxy) is 2. The Morgan fingerprint density at radius 3 is 1.63 bits per heavy atom. The highest BCUT2D eigenvalue weighted by molar-refractivity contribution is 5.69. The molecule has 0 aliphatic rings. The molecule has 0 radical (unpaired) electrons. The van der Waals surface area contributed by atoms with E-state index in [1.165, 1.54) is 109 Å². The van der Waals surface area contributed by atoms with Gasteiger partial charge >= 0.3 is 5.97 Å². The first-order valence-electron chi connectivity index (χ1n) is 17.6. The Bertz CT molecular complexity index is 610. The third kappa shape index (κ3) is 33.0. The van der Waals surface area contributed by atoms with Crippen LogP contribution in [0.2, 0.25) is 0 Å². The molecule has 0 saturated heterocycles. The van der Waals surface area contributed by atoms with Crippen molar-refractivity contribution in [1.82, 2.24) is 0 Å². The maximum Gasteiger partial charge on any atom is 0.306 e. The van der Waals surface area contributed by atoms with Crippen LogP contribution in [0.1, 0.15) is 168 Å². The summed E-state index contributed by atoms with van der Waals surface area (Å²) in [5.74, 6) is -0.219. The molecule has 0 aromatic heterocycles. The zero-order chi connectivity index (χ0) is 29.9. The van der Waals surface area contributed by atoms with Gasteiger partial charge in [0.15, 0.2) is 0 Å². The van der Waals surface area contributed by atoms with Crippen LogP contribution in [0.5, 0.6) is 0 Å². The molecule has 0 saturated carbocycles. The van der Waals surface area contributed by atoms with Crippen molar-refractivity contribution in [3.63, 3.8) is 0 Å². The second-order valence-corrected chi connectivity index (χ2v) is 11.6. The van der Waals surface area contributed by atoms with Gasteiger partial charge in [-0.25, -0.2) is 0 Å². The van der Waals surface area contributed by atoms with E-state index in [4.69, 9.17) is 9.47 Å². The number of aliphatic hydroxyl groups excluding tert-OH is 1. The van der Waals surface area contributed by atoms with Crippen molar-refractivity contribution in [3.8, 4) is 0 Å². The number of hydrogen-bond acceptors (Lipinski definition) is 4. The Morgan fingerprint density at radius 1 is 0.585 bits per heavy atom. The first-order chi connectivity index (χ1) is 20.2. The van der Waals surface area contributed by atoms with Gasteiger partial charge in [0.2, 0.25) is 0 Å². The molecule has 0 aliphatic carbocycles. The van der Waals surface area contributed by atoms with E-state index in [0.717, 1.165) is 38.5 Å². The number of unbranched alkanes of at least 4 members (excludes halogenated alkanes) is 18. The van der Waals surface area contributed by atoms with Crippen LogP contribution in [0.25, 0.3) is 0 Å². The summed E-state index contributed by atoms with van der Waals surface area (Å²) in [6.45, 7) is 5.25. The van der Waals surface area contributed by atoms with E-state index < -0.39 is 6.10 Å². The Kier molecular flexibility index (Phi) is 33.6. The number of allylic oxidation sites excluding steroid dienone is 6. The lowest BCUT2D eigenvalue weighted by molar-refractivity contribution is -0.154. The molecule has 0 amide bonds. The van der Waals surface area contributed by atoms with Crippen LogP contribution in [-0.2, 0) is 14.3 Å². The predicted octanol–water partition coefficient (Wildman–Crippen LogP) is 11.0. The minimum Gasteiger partial charge on any atom is -0.457 e. The molecule has 0 fully saturated rings. The van der Waals surface area contributed by atoms with E-state index in [2.05, 4.69) is 50.3 Å². The molecular weight excluding hydrogens is 508 g/mol. The highest BCUT2D eigenvalue weighted by Gasteiger charge is 2.13. The molecule has 0 aliphatic heterocycles. The molecule has 0 heterocycles. The first-order valence-corrected chi connectivity index (χ1v) is 17.6. The molecule has 1 atom stereocenters. The smallest absolute Gasteiger partial charge is 0.306 e. The van der Waals surface area contributed by atoms with Crippen LogP contribution in [-0.4, -0.2) is 37.0 Å². The minimum absolute atomic E-state index is 0.180. The summed E-state index contributed by atoms with van der Waals surface area (Å²) in [6.07, 6.45) is 41.8. The van der Waals surface area contributed by atoms with E-state index in [1.54, 1.807) is 0 Å². The minimum atomic E-state index is -0.541. The molecule has 1 N–H and O–H groups in total. The normalized spacial score (nSPS) is 12.8. The van der Waals surface area contributed by atoms with Crippen molar-refractivity contribution in [1.29, 1.82) is 0 Å². The molecule has 0 spiro atoms. The van der Waals surface area contributed by atoms with Gasteiger partial charge in [-0.2, -0.15) is 0 Å². The number of aliphatic hydroxyl groups is 1. The third-order valence-electron chi connectivity index (χ3n) is 7.42. The summed E-state index contributed by atoms with van der Waals surface area (Å²) >= 11 is 0. The molecule has 240 valence electrons. The van der Waals surface area contributed by atoms with Crippen molar-refractivity contribution < 1.29 is 19.4 Å². The van der Waals surface area contributed by atoms with Crippen LogP contribution in [0, 0.1) is 0 Å². The molecule has 0 aromatic rings. The van der Waals surface area contributed by atoms with Gasteiger partial charge in [0.1, 0.15) is 6.10 Å². The second kappa shape index (κ2) is 34.8. The van der Waals surface area contributed by atoms with Crippen molar-refractivity contribution in [3.05, 3.63) is 36.5 Å². The number of carbonyl (C=O) groups is 1.